The zero-order valence-corrected chi connectivity index (χ0v) is 9.75. The molecule has 0 atom stereocenters. The summed E-state index contributed by atoms with van der Waals surface area (Å²) in [7, 11) is 0. The summed E-state index contributed by atoms with van der Waals surface area (Å²) >= 11 is 0. The van der Waals surface area contributed by atoms with Crippen molar-refractivity contribution in [3.63, 3.8) is 0 Å². The standard InChI is InChI=1S/C8H24N3P/c1-12(2,3,4)11-8-7-10-6-5-9/h10-11H,5-9H2,1-4H3. The average molecular weight is 193 g/mol. The van der Waals surface area contributed by atoms with Gasteiger partial charge in [0.1, 0.15) is 0 Å². The van der Waals surface area contributed by atoms with Gasteiger partial charge in [0.15, 0.2) is 0 Å². The Bertz CT molecular complexity index is 119. The van der Waals surface area contributed by atoms with Crippen LogP contribution in [0.15, 0.2) is 0 Å². The quantitative estimate of drug-likeness (QED) is 0.414. The second-order valence-electron chi connectivity index (χ2n) is 5.02. The van der Waals surface area contributed by atoms with Crippen LogP contribution in [-0.2, 0) is 0 Å². The zero-order valence-electron chi connectivity index (χ0n) is 8.85. The van der Waals surface area contributed by atoms with E-state index in [4.69, 9.17) is 5.73 Å². The van der Waals surface area contributed by atoms with Gasteiger partial charge >= 0.3 is 75.7 Å². The molecule has 0 bridgehead atoms. The summed E-state index contributed by atoms with van der Waals surface area (Å²) in [5.41, 5.74) is 5.35. The molecule has 0 aromatic carbocycles. The van der Waals surface area contributed by atoms with Gasteiger partial charge in [0.2, 0.25) is 0 Å². The van der Waals surface area contributed by atoms with E-state index >= 15 is 0 Å². The number of hydrogen-bond donors (Lipinski definition) is 3. The first-order valence-corrected chi connectivity index (χ1v) is 8.51. The van der Waals surface area contributed by atoms with E-state index in [0.29, 0.717) is 0 Å². The molecule has 3 nitrogen and oxygen atoms in total. The van der Waals surface area contributed by atoms with Gasteiger partial charge in [0.25, 0.3) is 0 Å². The van der Waals surface area contributed by atoms with Crippen LogP contribution in [-0.4, -0.2) is 52.8 Å². The molecule has 12 heavy (non-hydrogen) atoms. The van der Waals surface area contributed by atoms with Gasteiger partial charge in [0, 0.05) is 0 Å². The third-order valence-electron chi connectivity index (χ3n) is 1.37. The van der Waals surface area contributed by atoms with Crippen LogP contribution in [0.2, 0.25) is 0 Å². The van der Waals surface area contributed by atoms with E-state index in [0.717, 1.165) is 26.2 Å². The van der Waals surface area contributed by atoms with Crippen molar-refractivity contribution in [2.24, 2.45) is 5.73 Å². The Morgan fingerprint density at radius 2 is 1.58 bits per heavy atom. The summed E-state index contributed by atoms with van der Waals surface area (Å²) in [5, 5.41) is 6.84. The number of rotatable bonds is 6. The third-order valence-corrected chi connectivity index (χ3v) is 2.86. The summed E-state index contributed by atoms with van der Waals surface area (Å²) in [6.07, 6.45) is 0. The molecule has 0 saturated carbocycles. The van der Waals surface area contributed by atoms with Crippen molar-refractivity contribution >= 4 is 6.75 Å². The monoisotopic (exact) mass is 193 g/mol. The molecule has 0 aliphatic carbocycles. The van der Waals surface area contributed by atoms with Gasteiger partial charge in [-0.25, -0.2) is 0 Å². The summed E-state index contributed by atoms with van der Waals surface area (Å²) < 4.78 is 0. The van der Waals surface area contributed by atoms with Crippen molar-refractivity contribution in [3.05, 3.63) is 0 Å². The summed E-state index contributed by atoms with van der Waals surface area (Å²) in [6, 6.07) is 0. The Balaban J connectivity index is 3.32. The Hall–Kier alpha value is 0.310. The molecular weight excluding hydrogens is 169 g/mol. The molecule has 0 saturated heterocycles. The summed E-state index contributed by atoms with van der Waals surface area (Å²) in [6.45, 7) is 11.5. The Kier molecular flexibility index (Phi) is 4.64. The fraction of sp³-hybridized carbons (Fsp3) is 1.00. The Labute approximate surface area is 76.5 Å². The minimum absolute atomic E-state index is 0.722. The van der Waals surface area contributed by atoms with Gasteiger partial charge < -0.3 is 0 Å². The van der Waals surface area contributed by atoms with Crippen molar-refractivity contribution in [1.82, 2.24) is 10.4 Å². The van der Waals surface area contributed by atoms with E-state index in [1.54, 1.807) is 0 Å². The third kappa shape index (κ3) is 10.3. The van der Waals surface area contributed by atoms with E-state index in [-0.39, 0.29) is 0 Å². The molecule has 0 aliphatic heterocycles. The van der Waals surface area contributed by atoms with Crippen molar-refractivity contribution in [1.29, 1.82) is 0 Å². The molecule has 4 heteroatoms. The molecule has 0 amide bonds. The first-order chi connectivity index (χ1) is 5.31. The van der Waals surface area contributed by atoms with Crippen molar-refractivity contribution in [2.75, 3.05) is 52.8 Å². The fourth-order valence-corrected chi connectivity index (χ4v) is 1.82. The fourth-order valence-electron chi connectivity index (χ4n) is 0.819. The minimum atomic E-state index is -1.49. The molecule has 0 spiro atoms. The van der Waals surface area contributed by atoms with Crippen molar-refractivity contribution < 1.29 is 0 Å². The summed E-state index contributed by atoms with van der Waals surface area (Å²) in [5.74, 6) is 0. The van der Waals surface area contributed by atoms with Gasteiger partial charge in [-0.2, -0.15) is 0 Å². The van der Waals surface area contributed by atoms with E-state index in [1.165, 1.54) is 0 Å². The van der Waals surface area contributed by atoms with Gasteiger partial charge in [-0.05, 0) is 0 Å². The average Bonchev–Trinajstić information content (AvgIpc) is 1.83. The van der Waals surface area contributed by atoms with E-state index in [9.17, 15) is 0 Å². The second kappa shape index (κ2) is 4.52. The second-order valence-corrected chi connectivity index (χ2v) is 12.5. The normalized spacial score (nSPS) is 15.6. The van der Waals surface area contributed by atoms with Crippen LogP contribution in [0.5, 0.6) is 0 Å². The molecule has 0 fully saturated rings. The molecule has 76 valence electrons. The van der Waals surface area contributed by atoms with Gasteiger partial charge in [-0.15, -0.1) is 0 Å². The van der Waals surface area contributed by atoms with Crippen LogP contribution in [0.3, 0.4) is 0 Å². The molecule has 0 radical (unpaired) electrons. The predicted molar refractivity (Wildman–Crippen MR) is 60.5 cm³/mol. The van der Waals surface area contributed by atoms with Crippen LogP contribution in [0.1, 0.15) is 0 Å². The number of nitrogens with one attached hydrogen (secondary N) is 2. The van der Waals surface area contributed by atoms with Gasteiger partial charge in [-0.3, -0.25) is 0 Å². The molecule has 0 aromatic rings. The van der Waals surface area contributed by atoms with Crippen molar-refractivity contribution in [3.8, 4) is 0 Å². The van der Waals surface area contributed by atoms with E-state index in [1.807, 2.05) is 0 Å². The molecular formula is C8H24N3P. The van der Waals surface area contributed by atoms with Crippen LogP contribution in [0.4, 0.5) is 0 Å². The topological polar surface area (TPSA) is 50.1 Å². The number of hydrogen-bond acceptors (Lipinski definition) is 3. The molecule has 0 unspecified atom stereocenters. The maximum atomic E-state index is 5.35. The molecule has 0 aromatic heterocycles. The van der Waals surface area contributed by atoms with E-state index in [2.05, 4.69) is 37.1 Å². The first-order valence-electron chi connectivity index (χ1n) is 4.48. The van der Waals surface area contributed by atoms with E-state index < -0.39 is 6.75 Å². The molecule has 0 heterocycles. The zero-order chi connectivity index (χ0) is 9.69. The Morgan fingerprint density at radius 1 is 1.00 bits per heavy atom. The van der Waals surface area contributed by atoms with Crippen LogP contribution < -0.4 is 16.1 Å². The van der Waals surface area contributed by atoms with Crippen LogP contribution >= 0.6 is 6.75 Å². The van der Waals surface area contributed by atoms with Gasteiger partial charge in [0.05, 0.1) is 0 Å². The van der Waals surface area contributed by atoms with Crippen molar-refractivity contribution in [2.45, 2.75) is 0 Å². The molecule has 4 N–H and O–H groups in total. The SMILES string of the molecule is CP(C)(C)(C)NCCNCCN. The molecule has 0 aliphatic rings. The van der Waals surface area contributed by atoms with Gasteiger partial charge in [-0.1, -0.05) is 0 Å². The predicted octanol–water partition coefficient (Wildman–Crippen LogP) is 0.112. The summed E-state index contributed by atoms with van der Waals surface area (Å²) in [4.78, 5) is 0. The van der Waals surface area contributed by atoms with Crippen LogP contribution in [0.25, 0.3) is 0 Å². The first kappa shape index (κ1) is 12.3. The van der Waals surface area contributed by atoms with Crippen LogP contribution in [0, 0.1) is 0 Å². The molecule has 0 rings (SSSR count). The number of nitrogens with two attached hydrogens (primary N) is 1. The maximum absolute atomic E-state index is 5.35. The Morgan fingerprint density at radius 3 is 2.00 bits per heavy atom.